The van der Waals surface area contributed by atoms with Crippen LogP contribution < -0.4 is 14.9 Å². The van der Waals surface area contributed by atoms with Gasteiger partial charge in [0.1, 0.15) is 11.5 Å². The van der Waals surface area contributed by atoms with E-state index in [1.54, 1.807) is 32.2 Å². The summed E-state index contributed by atoms with van der Waals surface area (Å²) in [5, 5.41) is 14.7. The number of hydrazone groups is 1. The lowest BCUT2D eigenvalue weighted by molar-refractivity contribution is -0.385. The second kappa shape index (κ2) is 7.91. The number of hydrogen-bond acceptors (Lipinski definition) is 6. The molecule has 0 heterocycles. The summed E-state index contributed by atoms with van der Waals surface area (Å²) >= 11 is 0. The number of rotatable bonds is 6. The molecule has 0 atom stereocenters. The number of aryl methyl sites for hydroxylation is 1. The molecule has 2 aromatic rings. The van der Waals surface area contributed by atoms with E-state index in [0.717, 1.165) is 0 Å². The molecule has 0 fully saturated rings. The first kappa shape index (κ1) is 17.9. The molecule has 0 aliphatic rings. The molecule has 0 bridgehead atoms. The fourth-order valence-electron chi connectivity index (χ4n) is 2.15. The van der Waals surface area contributed by atoms with Crippen LogP contribution in [0.25, 0.3) is 0 Å². The Morgan fingerprint density at radius 3 is 2.56 bits per heavy atom. The van der Waals surface area contributed by atoms with E-state index in [-0.39, 0.29) is 11.3 Å². The largest absolute Gasteiger partial charge is 0.497 e. The number of methoxy groups -OCH3 is 2. The Balaban J connectivity index is 2.10. The SMILES string of the molecule is COc1ccc(/C=N/NC(=O)c2ccc([N+](=O)[O-])c(C)c2)c(OC)c1. The lowest BCUT2D eigenvalue weighted by Gasteiger charge is -2.07. The third kappa shape index (κ3) is 4.31. The summed E-state index contributed by atoms with van der Waals surface area (Å²) in [5.74, 6) is 0.713. The molecule has 0 saturated carbocycles. The van der Waals surface area contributed by atoms with Gasteiger partial charge in [-0.25, -0.2) is 5.43 Å². The van der Waals surface area contributed by atoms with Gasteiger partial charge in [0, 0.05) is 28.8 Å². The fraction of sp³-hybridized carbons (Fsp3) is 0.176. The van der Waals surface area contributed by atoms with Gasteiger partial charge in [-0.05, 0) is 31.2 Å². The van der Waals surface area contributed by atoms with Gasteiger partial charge < -0.3 is 9.47 Å². The number of nitrogens with one attached hydrogen (secondary N) is 1. The van der Waals surface area contributed by atoms with Gasteiger partial charge in [-0.3, -0.25) is 14.9 Å². The molecule has 1 N–H and O–H groups in total. The van der Waals surface area contributed by atoms with Gasteiger partial charge in [0.2, 0.25) is 0 Å². The van der Waals surface area contributed by atoms with E-state index in [1.165, 1.54) is 31.5 Å². The molecule has 0 aromatic heterocycles. The first-order valence-electron chi connectivity index (χ1n) is 7.26. The first-order valence-corrected chi connectivity index (χ1v) is 7.26. The summed E-state index contributed by atoms with van der Waals surface area (Å²) in [6.45, 7) is 1.57. The summed E-state index contributed by atoms with van der Waals surface area (Å²) in [6, 6.07) is 9.29. The molecular formula is C17H17N3O5. The van der Waals surface area contributed by atoms with Gasteiger partial charge >= 0.3 is 0 Å². The van der Waals surface area contributed by atoms with Gasteiger partial charge in [-0.1, -0.05) is 0 Å². The number of carbonyl (C=O) groups is 1. The lowest BCUT2D eigenvalue weighted by Crippen LogP contribution is -2.17. The Bertz CT molecular complexity index is 833. The second-order valence-electron chi connectivity index (χ2n) is 5.07. The molecule has 1 amide bonds. The zero-order valence-electron chi connectivity index (χ0n) is 14.0. The van der Waals surface area contributed by atoms with Crippen LogP contribution >= 0.6 is 0 Å². The molecular weight excluding hydrogens is 326 g/mol. The fourth-order valence-corrected chi connectivity index (χ4v) is 2.15. The second-order valence-corrected chi connectivity index (χ2v) is 5.07. The average Bonchev–Trinajstić information content (AvgIpc) is 2.61. The Morgan fingerprint density at radius 1 is 1.20 bits per heavy atom. The Kier molecular flexibility index (Phi) is 5.67. The summed E-state index contributed by atoms with van der Waals surface area (Å²) in [4.78, 5) is 22.4. The number of nitrogens with zero attached hydrogens (tertiary/aromatic N) is 2. The van der Waals surface area contributed by atoms with Crippen LogP contribution in [0.5, 0.6) is 11.5 Å². The van der Waals surface area contributed by atoms with Crippen molar-refractivity contribution in [3.05, 3.63) is 63.2 Å². The molecule has 0 saturated heterocycles. The summed E-state index contributed by atoms with van der Waals surface area (Å²) in [7, 11) is 3.07. The van der Waals surface area contributed by atoms with Crippen molar-refractivity contribution in [3.8, 4) is 11.5 Å². The van der Waals surface area contributed by atoms with E-state index in [2.05, 4.69) is 10.5 Å². The highest BCUT2D eigenvalue weighted by Gasteiger charge is 2.13. The van der Waals surface area contributed by atoms with Crippen molar-refractivity contribution >= 4 is 17.8 Å². The van der Waals surface area contributed by atoms with Crippen molar-refractivity contribution in [2.75, 3.05) is 14.2 Å². The van der Waals surface area contributed by atoms with E-state index in [0.29, 0.717) is 22.6 Å². The first-order chi connectivity index (χ1) is 12.0. The number of nitro benzene ring substituents is 1. The Hall–Kier alpha value is -3.42. The van der Waals surface area contributed by atoms with Crippen molar-refractivity contribution < 1.29 is 19.2 Å². The van der Waals surface area contributed by atoms with E-state index < -0.39 is 10.8 Å². The maximum Gasteiger partial charge on any atom is 0.272 e. The average molecular weight is 343 g/mol. The third-order valence-corrected chi connectivity index (χ3v) is 3.47. The topological polar surface area (TPSA) is 103 Å². The molecule has 0 aliphatic carbocycles. The quantitative estimate of drug-likeness (QED) is 0.493. The van der Waals surface area contributed by atoms with Gasteiger partial charge in [0.05, 0.1) is 25.4 Å². The zero-order valence-corrected chi connectivity index (χ0v) is 14.0. The van der Waals surface area contributed by atoms with E-state index in [1.807, 2.05) is 0 Å². The van der Waals surface area contributed by atoms with Gasteiger partial charge in [-0.15, -0.1) is 0 Å². The number of carbonyl (C=O) groups excluding carboxylic acids is 1. The van der Waals surface area contributed by atoms with Crippen molar-refractivity contribution in [1.29, 1.82) is 0 Å². The van der Waals surface area contributed by atoms with Crippen LogP contribution in [0, 0.1) is 17.0 Å². The van der Waals surface area contributed by atoms with Crippen LogP contribution in [-0.2, 0) is 0 Å². The summed E-state index contributed by atoms with van der Waals surface area (Å²) in [6.07, 6.45) is 1.44. The summed E-state index contributed by atoms with van der Waals surface area (Å²) in [5.41, 5.74) is 3.68. The normalized spacial score (nSPS) is 10.5. The number of amides is 1. The minimum absolute atomic E-state index is 0.0389. The number of benzene rings is 2. The summed E-state index contributed by atoms with van der Waals surface area (Å²) < 4.78 is 10.3. The van der Waals surface area contributed by atoms with Gasteiger partial charge in [0.25, 0.3) is 11.6 Å². The van der Waals surface area contributed by atoms with Crippen LogP contribution in [0.1, 0.15) is 21.5 Å². The molecule has 130 valence electrons. The maximum absolute atomic E-state index is 12.1. The molecule has 2 aromatic carbocycles. The third-order valence-electron chi connectivity index (χ3n) is 3.47. The van der Waals surface area contributed by atoms with Gasteiger partial charge in [-0.2, -0.15) is 5.10 Å². The highest BCUT2D eigenvalue weighted by molar-refractivity contribution is 5.95. The van der Waals surface area contributed by atoms with Crippen molar-refractivity contribution in [2.45, 2.75) is 6.92 Å². The predicted molar refractivity (Wildman–Crippen MR) is 92.4 cm³/mol. The number of nitro groups is 1. The zero-order chi connectivity index (χ0) is 18.4. The standard InChI is InChI=1S/C17H17N3O5/c1-11-8-12(5-7-15(11)20(22)23)17(21)19-18-10-13-4-6-14(24-2)9-16(13)25-3/h4-10H,1-3H3,(H,19,21)/b18-10+. The molecule has 0 unspecified atom stereocenters. The van der Waals surface area contributed by atoms with E-state index >= 15 is 0 Å². The molecule has 0 aliphatic heterocycles. The highest BCUT2D eigenvalue weighted by atomic mass is 16.6. The smallest absolute Gasteiger partial charge is 0.272 e. The molecule has 8 nitrogen and oxygen atoms in total. The van der Waals surface area contributed by atoms with E-state index in [9.17, 15) is 14.9 Å². The number of hydrogen-bond donors (Lipinski definition) is 1. The monoisotopic (exact) mass is 343 g/mol. The van der Waals surface area contributed by atoms with Crippen LogP contribution in [0.4, 0.5) is 5.69 Å². The van der Waals surface area contributed by atoms with E-state index in [4.69, 9.17) is 9.47 Å². The van der Waals surface area contributed by atoms with Crippen LogP contribution in [0.2, 0.25) is 0 Å². The van der Waals surface area contributed by atoms with Crippen LogP contribution in [-0.4, -0.2) is 31.3 Å². The van der Waals surface area contributed by atoms with Crippen LogP contribution in [0.15, 0.2) is 41.5 Å². The minimum atomic E-state index is -0.495. The Morgan fingerprint density at radius 2 is 1.96 bits per heavy atom. The Labute approximate surface area is 144 Å². The van der Waals surface area contributed by atoms with Gasteiger partial charge in [0.15, 0.2) is 0 Å². The van der Waals surface area contributed by atoms with Crippen molar-refractivity contribution in [1.82, 2.24) is 5.43 Å². The lowest BCUT2D eigenvalue weighted by atomic mass is 10.1. The van der Waals surface area contributed by atoms with Crippen molar-refractivity contribution in [3.63, 3.8) is 0 Å². The molecule has 0 spiro atoms. The molecule has 0 radical (unpaired) electrons. The maximum atomic E-state index is 12.1. The van der Waals surface area contributed by atoms with Crippen LogP contribution in [0.3, 0.4) is 0 Å². The molecule has 2 rings (SSSR count). The highest BCUT2D eigenvalue weighted by Crippen LogP contribution is 2.23. The molecule has 8 heteroatoms. The molecule has 25 heavy (non-hydrogen) atoms. The number of ether oxygens (including phenoxy) is 2. The predicted octanol–water partition coefficient (Wildman–Crippen LogP) is 2.68. The van der Waals surface area contributed by atoms with Crippen molar-refractivity contribution in [2.24, 2.45) is 5.10 Å². The minimum Gasteiger partial charge on any atom is -0.497 e.